The van der Waals surface area contributed by atoms with Crippen molar-refractivity contribution < 1.29 is 13.5 Å². The highest BCUT2D eigenvalue weighted by Crippen LogP contribution is 2.63. The molecule has 4 nitrogen and oxygen atoms in total. The van der Waals surface area contributed by atoms with Gasteiger partial charge in [-0.05, 0) is 44.7 Å². The molecule has 1 N–H and O–H groups in total. The topological polar surface area (TPSA) is 57.4 Å². The molecule has 1 heterocycles. The zero-order valence-corrected chi connectivity index (χ0v) is 15.3. The van der Waals surface area contributed by atoms with E-state index in [0.717, 1.165) is 18.4 Å². The molecule has 5 heteroatoms. The van der Waals surface area contributed by atoms with Gasteiger partial charge in [-0.3, -0.25) is 0 Å². The predicted molar refractivity (Wildman–Crippen MR) is 95.2 cm³/mol. The van der Waals surface area contributed by atoms with Crippen molar-refractivity contribution in [3.05, 3.63) is 42.5 Å². The van der Waals surface area contributed by atoms with Crippen molar-refractivity contribution in [1.29, 1.82) is 0 Å². The van der Waals surface area contributed by atoms with E-state index in [1.807, 2.05) is 19.1 Å². The Labute approximate surface area is 145 Å². The quantitative estimate of drug-likeness (QED) is 0.606. The molecule has 0 bridgehead atoms. The lowest BCUT2D eigenvalue weighted by Crippen LogP contribution is -2.37. The molecule has 1 saturated heterocycles. The lowest BCUT2D eigenvalue weighted by Gasteiger charge is -2.26. The van der Waals surface area contributed by atoms with Gasteiger partial charge in [0.1, 0.15) is 0 Å². The summed E-state index contributed by atoms with van der Waals surface area (Å²) in [5, 5.41) is 11.1. The van der Waals surface area contributed by atoms with Gasteiger partial charge in [-0.2, -0.15) is 4.31 Å². The molecule has 4 atom stereocenters. The Morgan fingerprint density at radius 1 is 1.33 bits per heavy atom. The van der Waals surface area contributed by atoms with Crippen LogP contribution in [0.2, 0.25) is 0 Å². The van der Waals surface area contributed by atoms with Crippen LogP contribution in [0.3, 0.4) is 0 Å². The SMILES string of the molecule is C=CC[C@]12CC[C@](O)(CCCC)[C@H]1N2S(=O)(=O)c1ccc(C)cc1. The van der Waals surface area contributed by atoms with Crippen LogP contribution in [0, 0.1) is 6.92 Å². The van der Waals surface area contributed by atoms with Crippen LogP contribution in [0.15, 0.2) is 41.8 Å². The monoisotopic (exact) mass is 349 g/mol. The summed E-state index contributed by atoms with van der Waals surface area (Å²) in [6.07, 6.45) is 6.32. The second kappa shape index (κ2) is 5.97. The van der Waals surface area contributed by atoms with E-state index in [2.05, 4.69) is 13.5 Å². The van der Waals surface area contributed by atoms with E-state index in [9.17, 15) is 13.5 Å². The molecule has 0 spiro atoms. The van der Waals surface area contributed by atoms with Crippen molar-refractivity contribution in [2.45, 2.75) is 74.4 Å². The summed E-state index contributed by atoms with van der Waals surface area (Å²) in [6.45, 7) is 7.83. The normalized spacial score (nSPS) is 34.8. The van der Waals surface area contributed by atoms with E-state index < -0.39 is 21.2 Å². The Balaban J connectivity index is 1.95. The van der Waals surface area contributed by atoms with Gasteiger partial charge in [0.05, 0.1) is 22.1 Å². The fourth-order valence-corrected chi connectivity index (χ4v) is 6.45. The van der Waals surface area contributed by atoms with Gasteiger partial charge >= 0.3 is 0 Å². The van der Waals surface area contributed by atoms with Gasteiger partial charge in [0, 0.05) is 0 Å². The minimum atomic E-state index is -3.59. The summed E-state index contributed by atoms with van der Waals surface area (Å²) in [4.78, 5) is 0.309. The lowest BCUT2D eigenvalue weighted by molar-refractivity contribution is 0.0228. The van der Waals surface area contributed by atoms with Crippen molar-refractivity contribution in [3.8, 4) is 0 Å². The summed E-state index contributed by atoms with van der Waals surface area (Å²) in [7, 11) is -3.59. The van der Waals surface area contributed by atoms with Crippen LogP contribution in [-0.4, -0.2) is 35.0 Å². The Morgan fingerprint density at radius 3 is 2.58 bits per heavy atom. The minimum absolute atomic E-state index is 0.309. The Morgan fingerprint density at radius 2 is 2.00 bits per heavy atom. The summed E-state index contributed by atoms with van der Waals surface area (Å²) in [6, 6.07) is 6.63. The molecule has 132 valence electrons. The van der Waals surface area contributed by atoms with Gasteiger partial charge in [-0.25, -0.2) is 8.42 Å². The minimum Gasteiger partial charge on any atom is -0.388 e. The molecule has 0 aromatic heterocycles. The molecule has 3 rings (SSSR count). The summed E-state index contributed by atoms with van der Waals surface area (Å²) < 4.78 is 27.8. The summed E-state index contributed by atoms with van der Waals surface area (Å²) in [5.41, 5.74) is -0.356. The van der Waals surface area contributed by atoms with Gasteiger partial charge in [-0.15, -0.1) is 6.58 Å². The van der Waals surface area contributed by atoms with Crippen molar-refractivity contribution >= 4 is 10.0 Å². The molecular weight excluding hydrogens is 322 g/mol. The van der Waals surface area contributed by atoms with Crippen molar-refractivity contribution in [1.82, 2.24) is 4.31 Å². The number of nitrogens with zero attached hydrogens (tertiary/aromatic N) is 1. The molecule has 0 radical (unpaired) electrons. The average molecular weight is 349 g/mol. The van der Waals surface area contributed by atoms with E-state index in [1.54, 1.807) is 22.5 Å². The highest BCUT2D eigenvalue weighted by molar-refractivity contribution is 7.89. The highest BCUT2D eigenvalue weighted by Gasteiger charge is 2.77. The smallest absolute Gasteiger partial charge is 0.244 e. The van der Waals surface area contributed by atoms with Crippen molar-refractivity contribution in [2.24, 2.45) is 0 Å². The van der Waals surface area contributed by atoms with Crippen LogP contribution in [0.4, 0.5) is 0 Å². The number of aryl methyl sites for hydroxylation is 1. The Kier molecular flexibility index (Phi) is 4.39. The maximum absolute atomic E-state index is 13.1. The summed E-state index contributed by atoms with van der Waals surface area (Å²) in [5.74, 6) is 0. The number of sulfonamides is 1. The number of unbranched alkanes of at least 4 members (excludes halogenated alkanes) is 1. The molecule has 1 aliphatic heterocycles. The Hall–Kier alpha value is -1.17. The number of hydrogen-bond acceptors (Lipinski definition) is 3. The summed E-state index contributed by atoms with van der Waals surface area (Å²) >= 11 is 0. The maximum atomic E-state index is 13.1. The van der Waals surface area contributed by atoms with Crippen LogP contribution in [0.5, 0.6) is 0 Å². The third-order valence-corrected chi connectivity index (χ3v) is 7.61. The number of rotatable bonds is 7. The first-order chi connectivity index (χ1) is 11.3. The predicted octanol–water partition coefficient (Wildman–Crippen LogP) is 3.40. The number of hydrogen-bond donors (Lipinski definition) is 1. The number of piperidine rings is 1. The van der Waals surface area contributed by atoms with Crippen molar-refractivity contribution in [3.63, 3.8) is 0 Å². The number of fused-ring (bicyclic) bond motifs is 1. The van der Waals surface area contributed by atoms with Crippen LogP contribution >= 0.6 is 0 Å². The van der Waals surface area contributed by atoms with Crippen LogP contribution in [0.1, 0.15) is 51.0 Å². The molecule has 1 aromatic carbocycles. The Bertz CT molecular complexity index is 727. The van der Waals surface area contributed by atoms with Crippen LogP contribution in [0.25, 0.3) is 0 Å². The van der Waals surface area contributed by atoms with E-state index >= 15 is 0 Å². The van der Waals surface area contributed by atoms with Crippen molar-refractivity contribution in [2.75, 3.05) is 0 Å². The third-order valence-electron chi connectivity index (χ3n) is 5.65. The molecule has 2 fully saturated rings. The van der Waals surface area contributed by atoms with E-state index in [-0.39, 0.29) is 6.04 Å². The fourth-order valence-electron chi connectivity index (χ4n) is 4.38. The van der Waals surface area contributed by atoms with Gasteiger partial charge in [0.15, 0.2) is 0 Å². The molecule has 1 aromatic rings. The van der Waals surface area contributed by atoms with Gasteiger partial charge in [-0.1, -0.05) is 43.5 Å². The molecule has 1 aliphatic carbocycles. The first-order valence-corrected chi connectivity index (χ1v) is 10.2. The molecule has 2 aliphatic rings. The van der Waals surface area contributed by atoms with E-state index in [4.69, 9.17) is 0 Å². The zero-order valence-electron chi connectivity index (χ0n) is 14.5. The largest absolute Gasteiger partial charge is 0.388 e. The third kappa shape index (κ3) is 2.54. The number of aliphatic hydroxyl groups is 1. The maximum Gasteiger partial charge on any atom is 0.244 e. The fraction of sp³-hybridized carbons (Fsp3) is 0.579. The molecule has 24 heavy (non-hydrogen) atoms. The highest BCUT2D eigenvalue weighted by atomic mass is 32.2. The molecule has 1 unspecified atom stereocenters. The van der Waals surface area contributed by atoms with E-state index in [0.29, 0.717) is 30.6 Å². The molecule has 0 amide bonds. The second-order valence-corrected chi connectivity index (χ2v) is 9.13. The molecular formula is C19H27NO3S. The second-order valence-electron chi connectivity index (χ2n) is 7.32. The molecule has 1 saturated carbocycles. The zero-order chi connectivity index (χ0) is 17.6. The van der Waals surface area contributed by atoms with Crippen LogP contribution in [-0.2, 0) is 10.0 Å². The first kappa shape index (κ1) is 17.6. The average Bonchev–Trinajstić information content (AvgIpc) is 3.14. The number of benzene rings is 1. The van der Waals surface area contributed by atoms with Crippen LogP contribution < -0.4 is 0 Å². The van der Waals surface area contributed by atoms with Gasteiger partial charge < -0.3 is 5.11 Å². The van der Waals surface area contributed by atoms with Gasteiger partial charge in [0.25, 0.3) is 0 Å². The lowest BCUT2D eigenvalue weighted by atomic mass is 9.92. The van der Waals surface area contributed by atoms with Gasteiger partial charge in [0.2, 0.25) is 10.0 Å². The van der Waals surface area contributed by atoms with E-state index in [1.165, 1.54) is 0 Å². The first-order valence-electron chi connectivity index (χ1n) is 8.76. The standard InChI is InChI=1S/C19H27NO3S/c1-4-6-12-19(21)14-13-18(11-5-2)17(19)20(18)24(22,23)16-9-7-15(3)8-10-16/h5,7-10,17,21H,2,4,6,11-14H2,1,3H3/t17-,18-,19+,20?/m0/s1.